The van der Waals surface area contributed by atoms with Gasteiger partial charge in [-0.2, -0.15) is 0 Å². The predicted octanol–water partition coefficient (Wildman–Crippen LogP) is 4.30. The smallest absolute Gasteiger partial charge is 0.480 e. The molecule has 0 radical (unpaired) electrons. The van der Waals surface area contributed by atoms with Gasteiger partial charge in [0.1, 0.15) is 5.82 Å². The van der Waals surface area contributed by atoms with Crippen molar-refractivity contribution in [3.8, 4) is 5.75 Å². The van der Waals surface area contributed by atoms with Crippen molar-refractivity contribution in [3.05, 3.63) is 64.9 Å². The van der Waals surface area contributed by atoms with Crippen LogP contribution in [0.3, 0.4) is 0 Å². The van der Waals surface area contributed by atoms with Gasteiger partial charge < -0.3 is 19.3 Å². The Bertz CT molecular complexity index is 1440. The molecule has 3 heterocycles. The van der Waals surface area contributed by atoms with Gasteiger partial charge in [0, 0.05) is 50.3 Å². The second-order valence-corrected chi connectivity index (χ2v) is 9.97. The molecule has 1 saturated heterocycles. The molecule has 15 heteroatoms. The molecule has 0 atom stereocenters. The number of alkyl halides is 3. The molecule has 2 aliphatic heterocycles. The third kappa shape index (κ3) is 7.44. The summed E-state index contributed by atoms with van der Waals surface area (Å²) in [7, 11) is 0. The number of para-hydroxylation sites is 1. The lowest BCUT2D eigenvalue weighted by Crippen LogP contribution is -2.51. The summed E-state index contributed by atoms with van der Waals surface area (Å²) < 4.78 is 72.5. The highest BCUT2D eigenvalue weighted by atomic mass is 35.5. The van der Waals surface area contributed by atoms with Crippen LogP contribution in [-0.2, 0) is 29.1 Å². The number of carbonyl (C=O) groups excluding carboxylic acids is 1. The van der Waals surface area contributed by atoms with Gasteiger partial charge in [-0.05, 0) is 35.7 Å². The largest absolute Gasteiger partial charge is 0.573 e. The monoisotopic (exact) mass is 638 g/mol. The van der Waals surface area contributed by atoms with Gasteiger partial charge in [0.15, 0.2) is 11.6 Å². The van der Waals surface area contributed by atoms with E-state index in [-0.39, 0.29) is 62.4 Å². The molecule has 1 N–H and O–H groups in total. The Labute approximate surface area is 250 Å². The van der Waals surface area contributed by atoms with Crippen molar-refractivity contribution in [2.75, 3.05) is 45.8 Å². The minimum absolute atomic E-state index is 0. The maximum atomic E-state index is 15.1. The first kappa shape index (κ1) is 33.4. The molecule has 0 aliphatic carbocycles. The van der Waals surface area contributed by atoms with Crippen LogP contribution in [0.4, 0.5) is 22.0 Å². The number of fused-ring (bicyclic) bond motifs is 3. The summed E-state index contributed by atoms with van der Waals surface area (Å²) in [4.78, 5) is 29.6. The zero-order chi connectivity index (χ0) is 28.6. The Morgan fingerprint density at radius 2 is 1.57 bits per heavy atom. The van der Waals surface area contributed by atoms with E-state index in [0.29, 0.717) is 55.8 Å². The molecule has 1 aromatic heterocycles. The van der Waals surface area contributed by atoms with Gasteiger partial charge in [-0.3, -0.25) is 19.4 Å². The molecule has 2 aliphatic rings. The minimum Gasteiger partial charge on any atom is -0.480 e. The zero-order valence-electron chi connectivity index (χ0n) is 22.2. The molecule has 1 fully saturated rings. The standard InChI is InChI=1S/C27H27F5N4O4.2ClH/c28-20-3-1-2-19-18-6-7-35(24(37)15-33-8-10-34(11-9-33)16-25(38)39)14-22(18)36(26(19)20)13-17-4-5-23(21(29)12-17)40-27(30,31)32;;/h1-5,12H,6-11,13-16H2,(H,38,39);2*1H. The van der Waals surface area contributed by atoms with Crippen LogP contribution in [-0.4, -0.2) is 88.4 Å². The van der Waals surface area contributed by atoms with E-state index >= 15 is 4.39 Å². The number of ether oxygens (including phenoxy) is 1. The highest BCUT2D eigenvalue weighted by Gasteiger charge is 2.33. The van der Waals surface area contributed by atoms with Crippen molar-refractivity contribution >= 4 is 47.6 Å². The van der Waals surface area contributed by atoms with Crippen molar-refractivity contribution in [3.63, 3.8) is 0 Å². The fourth-order valence-corrected chi connectivity index (χ4v) is 5.46. The van der Waals surface area contributed by atoms with E-state index in [4.69, 9.17) is 5.11 Å². The molecular formula is C27H29Cl2F5N4O4. The first-order valence-corrected chi connectivity index (χ1v) is 12.8. The second kappa shape index (κ2) is 13.4. The molecule has 0 spiro atoms. The number of carboxylic acids is 1. The Hall–Kier alpha value is -3.13. The lowest BCUT2D eigenvalue weighted by molar-refractivity contribution is -0.275. The van der Waals surface area contributed by atoms with Crippen LogP contribution in [0.2, 0.25) is 0 Å². The average Bonchev–Trinajstić information content (AvgIpc) is 3.20. The number of amides is 1. The Balaban J connectivity index is 0.00000242. The number of rotatable bonds is 7. The number of nitrogens with zero attached hydrogens (tertiary/aromatic N) is 4. The topological polar surface area (TPSA) is 78.3 Å². The Morgan fingerprint density at radius 1 is 0.905 bits per heavy atom. The quantitative estimate of drug-likeness (QED) is 0.389. The van der Waals surface area contributed by atoms with E-state index in [1.54, 1.807) is 21.6 Å². The summed E-state index contributed by atoms with van der Waals surface area (Å²) in [5, 5.41) is 9.65. The van der Waals surface area contributed by atoms with Crippen LogP contribution in [0, 0.1) is 11.6 Å². The fourth-order valence-electron chi connectivity index (χ4n) is 5.46. The van der Waals surface area contributed by atoms with Gasteiger partial charge in [-0.15, -0.1) is 38.0 Å². The summed E-state index contributed by atoms with van der Waals surface area (Å²) in [5.41, 5.74) is 2.14. The average molecular weight is 639 g/mol. The number of aliphatic carboxylic acids is 1. The Morgan fingerprint density at radius 3 is 2.19 bits per heavy atom. The van der Waals surface area contributed by atoms with Crippen LogP contribution in [0.15, 0.2) is 36.4 Å². The summed E-state index contributed by atoms with van der Waals surface area (Å²) >= 11 is 0. The maximum absolute atomic E-state index is 15.1. The summed E-state index contributed by atoms with van der Waals surface area (Å²) in [6, 6.07) is 7.78. The fraction of sp³-hybridized carbons (Fsp3) is 0.407. The van der Waals surface area contributed by atoms with Crippen molar-refractivity contribution < 1.29 is 41.4 Å². The highest BCUT2D eigenvalue weighted by molar-refractivity contribution is 5.87. The van der Waals surface area contributed by atoms with Gasteiger partial charge in [0.2, 0.25) is 5.91 Å². The first-order chi connectivity index (χ1) is 19.0. The van der Waals surface area contributed by atoms with E-state index in [1.807, 2.05) is 9.80 Å². The third-order valence-electron chi connectivity index (χ3n) is 7.33. The molecule has 0 unspecified atom stereocenters. The van der Waals surface area contributed by atoms with Crippen molar-refractivity contribution in [1.29, 1.82) is 0 Å². The highest BCUT2D eigenvalue weighted by Crippen LogP contribution is 2.34. The van der Waals surface area contributed by atoms with Crippen LogP contribution < -0.4 is 4.74 Å². The SMILES string of the molecule is Cl.Cl.O=C(O)CN1CCN(CC(=O)N2CCc3c(n(Cc4ccc(OC(F)(F)F)c(F)c4)c4c(F)cccc34)C2)CC1. The maximum Gasteiger partial charge on any atom is 0.573 e. The lowest BCUT2D eigenvalue weighted by Gasteiger charge is -2.35. The number of carboxylic acid groups (broad SMARTS) is 1. The summed E-state index contributed by atoms with van der Waals surface area (Å²) in [6.07, 6.45) is -4.56. The van der Waals surface area contributed by atoms with E-state index in [1.165, 1.54) is 12.1 Å². The van der Waals surface area contributed by atoms with Crippen LogP contribution in [0.5, 0.6) is 5.75 Å². The van der Waals surface area contributed by atoms with Gasteiger partial charge in [0.25, 0.3) is 0 Å². The number of aromatic nitrogens is 1. The summed E-state index contributed by atoms with van der Waals surface area (Å²) in [6.45, 7) is 2.92. The molecule has 1 amide bonds. The van der Waals surface area contributed by atoms with E-state index in [2.05, 4.69) is 4.74 Å². The first-order valence-electron chi connectivity index (χ1n) is 12.8. The summed E-state index contributed by atoms with van der Waals surface area (Å²) in [5.74, 6) is -3.66. The van der Waals surface area contributed by atoms with Crippen molar-refractivity contribution in [2.45, 2.75) is 25.9 Å². The van der Waals surface area contributed by atoms with E-state index in [0.717, 1.165) is 17.7 Å². The molecule has 42 heavy (non-hydrogen) atoms. The van der Waals surface area contributed by atoms with Gasteiger partial charge in [-0.1, -0.05) is 18.2 Å². The molecule has 0 saturated carbocycles. The van der Waals surface area contributed by atoms with E-state index < -0.39 is 29.7 Å². The van der Waals surface area contributed by atoms with Crippen LogP contribution in [0.1, 0.15) is 16.8 Å². The normalized spacial score (nSPS) is 16.0. The third-order valence-corrected chi connectivity index (χ3v) is 7.33. The number of carbonyl (C=O) groups is 2. The molecule has 230 valence electrons. The lowest BCUT2D eigenvalue weighted by atomic mass is 10.0. The number of hydrogen-bond donors (Lipinski definition) is 1. The molecule has 0 bridgehead atoms. The molecule has 5 rings (SSSR count). The van der Waals surface area contributed by atoms with Crippen molar-refractivity contribution in [1.82, 2.24) is 19.3 Å². The zero-order valence-corrected chi connectivity index (χ0v) is 23.8. The number of benzene rings is 2. The number of piperazine rings is 1. The van der Waals surface area contributed by atoms with Crippen LogP contribution in [0.25, 0.3) is 10.9 Å². The van der Waals surface area contributed by atoms with Crippen LogP contribution >= 0.6 is 24.8 Å². The van der Waals surface area contributed by atoms with Gasteiger partial charge in [-0.25, -0.2) is 8.78 Å². The molecule has 3 aromatic rings. The molecular weight excluding hydrogens is 610 g/mol. The minimum atomic E-state index is -5.04. The second-order valence-electron chi connectivity index (χ2n) is 9.97. The molecule has 8 nitrogen and oxygen atoms in total. The van der Waals surface area contributed by atoms with E-state index in [9.17, 15) is 27.2 Å². The molecule has 2 aromatic carbocycles. The number of halogens is 7. The van der Waals surface area contributed by atoms with Gasteiger partial charge >= 0.3 is 12.3 Å². The van der Waals surface area contributed by atoms with Gasteiger partial charge in [0.05, 0.1) is 25.2 Å². The van der Waals surface area contributed by atoms with Crippen molar-refractivity contribution in [2.24, 2.45) is 0 Å². The number of hydrogen-bond acceptors (Lipinski definition) is 5. The predicted molar refractivity (Wildman–Crippen MR) is 148 cm³/mol. The Kier molecular flexibility index (Phi) is 10.7.